The fourth-order valence-corrected chi connectivity index (χ4v) is 2.65. The van der Waals surface area contributed by atoms with Crippen LogP contribution in [-0.2, 0) is 0 Å². The average molecular weight is 285 g/mol. The fourth-order valence-electron chi connectivity index (χ4n) is 2.65. The van der Waals surface area contributed by atoms with E-state index in [1.807, 2.05) is 37.0 Å². The lowest BCUT2D eigenvalue weighted by molar-refractivity contribution is 0.137. The first-order valence-electron chi connectivity index (χ1n) is 7.20. The van der Waals surface area contributed by atoms with Gasteiger partial charge in [0.15, 0.2) is 0 Å². The highest BCUT2D eigenvalue weighted by Crippen LogP contribution is 2.16. The molecule has 1 aliphatic heterocycles. The predicted octanol–water partition coefficient (Wildman–Crippen LogP) is 2.79. The molecule has 4 nitrogen and oxygen atoms in total. The van der Waals surface area contributed by atoms with Gasteiger partial charge in [-0.15, -0.1) is 5.73 Å². The molecule has 1 aliphatic rings. The van der Waals surface area contributed by atoms with Gasteiger partial charge in [-0.3, -0.25) is 4.90 Å². The van der Waals surface area contributed by atoms with E-state index in [1.54, 1.807) is 0 Å². The van der Waals surface area contributed by atoms with Crippen LogP contribution in [0.25, 0.3) is 0 Å². The fraction of sp³-hybridized carbons (Fsp3) is 0.412. The van der Waals surface area contributed by atoms with Crippen LogP contribution in [0.5, 0.6) is 0 Å². The van der Waals surface area contributed by atoms with Crippen LogP contribution in [0.15, 0.2) is 36.6 Å². The van der Waals surface area contributed by atoms with Gasteiger partial charge in [0.05, 0.1) is 6.04 Å². The smallest absolute Gasteiger partial charge is 0.321 e. The van der Waals surface area contributed by atoms with E-state index < -0.39 is 0 Å². The van der Waals surface area contributed by atoms with Gasteiger partial charge < -0.3 is 10.2 Å². The Morgan fingerprint density at radius 1 is 1.33 bits per heavy atom. The summed E-state index contributed by atoms with van der Waals surface area (Å²) in [5.41, 5.74) is 5.97. The second kappa shape index (κ2) is 6.61. The maximum atomic E-state index is 12.4. The molecule has 0 bridgehead atoms. The van der Waals surface area contributed by atoms with E-state index >= 15 is 0 Å². The SMILES string of the molecule is C=C=CC1CN(C(=O)Nc2cc(C)cc(C)c2)CCN1C. The summed E-state index contributed by atoms with van der Waals surface area (Å²) in [5, 5.41) is 2.99. The van der Waals surface area contributed by atoms with E-state index in [9.17, 15) is 4.79 Å². The average Bonchev–Trinajstić information content (AvgIpc) is 2.40. The quantitative estimate of drug-likeness (QED) is 0.848. The zero-order chi connectivity index (χ0) is 15.4. The molecule has 0 aromatic heterocycles. The van der Waals surface area contributed by atoms with Crippen molar-refractivity contribution in [2.45, 2.75) is 19.9 Å². The summed E-state index contributed by atoms with van der Waals surface area (Å²) in [6.07, 6.45) is 1.91. The number of piperazine rings is 1. The maximum absolute atomic E-state index is 12.4. The van der Waals surface area contributed by atoms with Gasteiger partial charge in [0.25, 0.3) is 0 Å². The van der Waals surface area contributed by atoms with E-state index in [4.69, 9.17) is 0 Å². The van der Waals surface area contributed by atoms with Crippen LogP contribution in [0.4, 0.5) is 10.5 Å². The lowest BCUT2D eigenvalue weighted by Gasteiger charge is -2.37. The molecular weight excluding hydrogens is 262 g/mol. The Morgan fingerprint density at radius 2 is 2.00 bits per heavy atom. The Labute approximate surface area is 126 Å². The number of nitrogens with zero attached hydrogens (tertiary/aromatic N) is 2. The number of carbonyl (C=O) groups is 1. The number of anilines is 1. The lowest BCUT2D eigenvalue weighted by atomic mass is 10.1. The first-order valence-corrected chi connectivity index (χ1v) is 7.20. The number of urea groups is 1. The summed E-state index contributed by atoms with van der Waals surface area (Å²) in [5.74, 6) is 0. The van der Waals surface area contributed by atoms with Crippen molar-refractivity contribution in [3.63, 3.8) is 0 Å². The number of amides is 2. The molecule has 2 rings (SSSR count). The summed E-state index contributed by atoms with van der Waals surface area (Å²) in [4.78, 5) is 16.4. The Morgan fingerprint density at radius 3 is 2.62 bits per heavy atom. The molecule has 0 aliphatic carbocycles. The summed E-state index contributed by atoms with van der Waals surface area (Å²) in [7, 11) is 2.05. The van der Waals surface area contributed by atoms with Crippen molar-refractivity contribution in [2.24, 2.45) is 0 Å². The third-order valence-corrected chi connectivity index (χ3v) is 3.77. The molecule has 0 radical (unpaired) electrons. The monoisotopic (exact) mass is 285 g/mol. The molecular formula is C17H23N3O. The largest absolute Gasteiger partial charge is 0.321 e. The van der Waals surface area contributed by atoms with Crippen molar-refractivity contribution in [3.8, 4) is 0 Å². The van der Waals surface area contributed by atoms with Gasteiger partial charge in [0.2, 0.25) is 0 Å². The van der Waals surface area contributed by atoms with Crippen LogP contribution in [0.2, 0.25) is 0 Å². The van der Waals surface area contributed by atoms with Gasteiger partial charge in [0, 0.05) is 25.3 Å². The molecule has 1 aromatic rings. The first-order chi connectivity index (χ1) is 9.99. The van der Waals surface area contributed by atoms with Crippen LogP contribution in [0, 0.1) is 13.8 Å². The number of likely N-dealkylation sites (N-methyl/N-ethyl adjacent to an activating group) is 1. The van der Waals surface area contributed by atoms with Gasteiger partial charge in [0.1, 0.15) is 0 Å². The minimum absolute atomic E-state index is 0.0458. The number of rotatable bonds is 2. The van der Waals surface area contributed by atoms with Crippen molar-refractivity contribution < 1.29 is 4.79 Å². The van der Waals surface area contributed by atoms with Crippen LogP contribution in [-0.4, -0.2) is 48.6 Å². The molecule has 1 heterocycles. The standard InChI is InChI=1S/C17H23N3O/c1-5-6-16-12-20(8-7-19(16)4)17(21)18-15-10-13(2)9-14(3)11-15/h6,9-11,16H,1,7-8,12H2,2-4H3,(H,18,21). The molecule has 1 atom stereocenters. The molecule has 0 saturated carbocycles. The molecule has 1 fully saturated rings. The van der Waals surface area contributed by atoms with Gasteiger partial charge in [-0.1, -0.05) is 12.6 Å². The van der Waals surface area contributed by atoms with Crippen LogP contribution < -0.4 is 5.32 Å². The lowest BCUT2D eigenvalue weighted by Crippen LogP contribution is -2.53. The third kappa shape index (κ3) is 3.97. The van der Waals surface area contributed by atoms with Gasteiger partial charge in [-0.2, -0.15) is 0 Å². The highest BCUT2D eigenvalue weighted by atomic mass is 16.2. The van der Waals surface area contributed by atoms with E-state index in [0.29, 0.717) is 6.54 Å². The molecule has 112 valence electrons. The predicted molar refractivity (Wildman–Crippen MR) is 86.6 cm³/mol. The van der Waals surface area contributed by atoms with Crippen LogP contribution in [0.3, 0.4) is 0 Å². The van der Waals surface area contributed by atoms with E-state index in [2.05, 4.69) is 35.6 Å². The van der Waals surface area contributed by atoms with Crippen molar-refractivity contribution in [1.29, 1.82) is 0 Å². The summed E-state index contributed by atoms with van der Waals surface area (Å²) >= 11 is 0. The van der Waals surface area contributed by atoms with Crippen molar-refractivity contribution in [3.05, 3.63) is 47.7 Å². The summed E-state index contributed by atoms with van der Waals surface area (Å²) < 4.78 is 0. The van der Waals surface area contributed by atoms with E-state index in [1.165, 1.54) is 0 Å². The van der Waals surface area contributed by atoms with Crippen molar-refractivity contribution >= 4 is 11.7 Å². The maximum Gasteiger partial charge on any atom is 0.321 e. The Bertz CT molecular complexity index is 555. The van der Waals surface area contributed by atoms with Gasteiger partial charge >= 0.3 is 6.03 Å². The molecule has 1 saturated heterocycles. The Balaban J connectivity index is 2.04. The second-order valence-corrected chi connectivity index (χ2v) is 5.67. The van der Waals surface area contributed by atoms with E-state index in [-0.39, 0.29) is 12.1 Å². The second-order valence-electron chi connectivity index (χ2n) is 5.67. The third-order valence-electron chi connectivity index (χ3n) is 3.77. The molecule has 1 N–H and O–H groups in total. The highest BCUT2D eigenvalue weighted by Gasteiger charge is 2.25. The zero-order valence-corrected chi connectivity index (χ0v) is 13.0. The van der Waals surface area contributed by atoms with E-state index in [0.717, 1.165) is 29.9 Å². The minimum atomic E-state index is -0.0458. The highest BCUT2D eigenvalue weighted by molar-refractivity contribution is 5.89. The number of nitrogens with one attached hydrogen (secondary N) is 1. The number of aryl methyl sites for hydroxylation is 2. The van der Waals surface area contributed by atoms with Crippen molar-refractivity contribution in [1.82, 2.24) is 9.80 Å². The molecule has 0 spiro atoms. The molecule has 1 unspecified atom stereocenters. The summed E-state index contributed by atoms with van der Waals surface area (Å²) in [6, 6.07) is 6.21. The first kappa shape index (κ1) is 15.4. The van der Waals surface area contributed by atoms with Crippen LogP contribution >= 0.6 is 0 Å². The number of benzene rings is 1. The Hall–Kier alpha value is -2.03. The molecule has 2 amide bonds. The van der Waals surface area contributed by atoms with Crippen LogP contribution in [0.1, 0.15) is 11.1 Å². The topological polar surface area (TPSA) is 35.6 Å². The number of carbonyl (C=O) groups excluding carboxylic acids is 1. The minimum Gasteiger partial charge on any atom is -0.321 e. The molecule has 4 heteroatoms. The normalized spacial score (nSPS) is 19.0. The Kier molecular flexibility index (Phi) is 4.84. The zero-order valence-electron chi connectivity index (χ0n) is 13.0. The number of hydrogen-bond acceptors (Lipinski definition) is 2. The van der Waals surface area contributed by atoms with Crippen molar-refractivity contribution in [2.75, 3.05) is 32.0 Å². The molecule has 21 heavy (non-hydrogen) atoms. The molecule has 1 aromatic carbocycles. The number of hydrogen-bond donors (Lipinski definition) is 1. The summed E-state index contributed by atoms with van der Waals surface area (Å²) in [6.45, 7) is 9.93. The van der Waals surface area contributed by atoms with Gasteiger partial charge in [-0.05, 0) is 50.2 Å². The van der Waals surface area contributed by atoms with Gasteiger partial charge in [-0.25, -0.2) is 4.79 Å².